The van der Waals surface area contributed by atoms with Crippen LogP contribution in [0.3, 0.4) is 0 Å². The number of para-hydroxylation sites is 1. The third kappa shape index (κ3) is 5.57. The number of sulfonamides is 1. The third-order valence-corrected chi connectivity index (χ3v) is 5.44. The molecule has 2 aromatic rings. The Balaban J connectivity index is 2.19. The first-order chi connectivity index (χ1) is 12.5. The summed E-state index contributed by atoms with van der Waals surface area (Å²) in [6.07, 6.45) is 1.19. The zero-order valence-electron chi connectivity index (χ0n) is 16.6. The van der Waals surface area contributed by atoms with Crippen molar-refractivity contribution in [3.05, 3.63) is 65.2 Å². The molecule has 0 heterocycles. The molecule has 1 N–H and O–H groups in total. The first kappa shape index (κ1) is 21.0. The molecular formula is C21H28N2O3S. The van der Waals surface area contributed by atoms with E-state index in [1.54, 1.807) is 12.1 Å². The van der Waals surface area contributed by atoms with Gasteiger partial charge in [-0.25, -0.2) is 8.42 Å². The van der Waals surface area contributed by atoms with E-state index in [0.717, 1.165) is 11.1 Å². The lowest BCUT2D eigenvalue weighted by molar-refractivity contribution is 0.0954. The standard InChI is InChI=1S/C21H28N2O3S/c1-16-9-8-10-17(15-16)20(24)22-13-14-23(27(5,25)26)19-12-7-6-11-18(19)21(2,3)4/h6-12,15H,13-14H2,1-5H3,(H,22,24). The van der Waals surface area contributed by atoms with Crippen LogP contribution < -0.4 is 9.62 Å². The lowest BCUT2D eigenvalue weighted by Gasteiger charge is -2.30. The van der Waals surface area contributed by atoms with Crippen molar-refractivity contribution in [2.24, 2.45) is 0 Å². The van der Waals surface area contributed by atoms with E-state index in [9.17, 15) is 13.2 Å². The lowest BCUT2D eigenvalue weighted by atomic mass is 9.86. The molecule has 0 atom stereocenters. The summed E-state index contributed by atoms with van der Waals surface area (Å²) in [7, 11) is -3.49. The Kier molecular flexibility index (Phi) is 6.31. The van der Waals surface area contributed by atoms with Gasteiger partial charge in [0, 0.05) is 12.1 Å². The number of rotatable bonds is 6. The molecule has 6 heteroatoms. The lowest BCUT2D eigenvalue weighted by Crippen LogP contribution is -2.39. The highest BCUT2D eigenvalue weighted by molar-refractivity contribution is 7.92. The van der Waals surface area contributed by atoms with Gasteiger partial charge in [-0.05, 0) is 36.1 Å². The summed E-state index contributed by atoms with van der Waals surface area (Å²) in [6, 6.07) is 14.8. The fraction of sp³-hybridized carbons (Fsp3) is 0.381. The van der Waals surface area contributed by atoms with Crippen LogP contribution in [0, 0.1) is 6.92 Å². The number of hydrogen-bond acceptors (Lipinski definition) is 3. The van der Waals surface area contributed by atoms with Crippen LogP contribution in [0.4, 0.5) is 5.69 Å². The highest BCUT2D eigenvalue weighted by Crippen LogP contribution is 2.32. The average molecular weight is 389 g/mol. The maximum absolute atomic E-state index is 12.4. The minimum Gasteiger partial charge on any atom is -0.350 e. The first-order valence-electron chi connectivity index (χ1n) is 8.92. The van der Waals surface area contributed by atoms with Crippen LogP contribution in [0.1, 0.15) is 42.3 Å². The second-order valence-corrected chi connectivity index (χ2v) is 9.63. The second kappa shape index (κ2) is 8.13. The highest BCUT2D eigenvalue weighted by Gasteiger charge is 2.25. The van der Waals surface area contributed by atoms with Gasteiger partial charge in [0.1, 0.15) is 0 Å². The van der Waals surface area contributed by atoms with Crippen LogP contribution >= 0.6 is 0 Å². The number of carbonyl (C=O) groups is 1. The van der Waals surface area contributed by atoms with Crippen molar-refractivity contribution in [1.29, 1.82) is 0 Å². The number of carbonyl (C=O) groups excluding carboxylic acids is 1. The Morgan fingerprint density at radius 1 is 1.07 bits per heavy atom. The molecule has 0 aliphatic rings. The molecule has 2 aromatic carbocycles. The van der Waals surface area contributed by atoms with Gasteiger partial charge in [-0.2, -0.15) is 0 Å². The summed E-state index contributed by atoms with van der Waals surface area (Å²) in [6.45, 7) is 8.46. The van der Waals surface area contributed by atoms with Gasteiger partial charge in [-0.1, -0.05) is 56.7 Å². The minimum absolute atomic E-state index is 0.170. The molecule has 0 aliphatic heterocycles. The molecule has 0 saturated heterocycles. The Hall–Kier alpha value is -2.34. The number of aryl methyl sites for hydroxylation is 1. The molecule has 0 fully saturated rings. The topological polar surface area (TPSA) is 66.5 Å². The zero-order chi connectivity index (χ0) is 20.2. The Morgan fingerprint density at radius 2 is 1.74 bits per heavy atom. The fourth-order valence-electron chi connectivity index (χ4n) is 2.95. The van der Waals surface area contributed by atoms with Gasteiger partial charge in [0.2, 0.25) is 10.0 Å². The molecular weight excluding hydrogens is 360 g/mol. The smallest absolute Gasteiger partial charge is 0.251 e. The number of anilines is 1. The van der Waals surface area contributed by atoms with E-state index in [-0.39, 0.29) is 24.4 Å². The fourth-order valence-corrected chi connectivity index (χ4v) is 3.89. The van der Waals surface area contributed by atoms with Gasteiger partial charge >= 0.3 is 0 Å². The first-order valence-corrected chi connectivity index (χ1v) is 10.8. The Bertz CT molecular complexity index is 915. The van der Waals surface area contributed by atoms with Crippen molar-refractivity contribution in [2.75, 3.05) is 23.7 Å². The van der Waals surface area contributed by atoms with Gasteiger partial charge in [0.25, 0.3) is 5.91 Å². The number of nitrogens with one attached hydrogen (secondary N) is 1. The number of amides is 1. The molecule has 1 amide bonds. The molecule has 0 spiro atoms. The number of hydrogen-bond donors (Lipinski definition) is 1. The maximum Gasteiger partial charge on any atom is 0.251 e. The van der Waals surface area contributed by atoms with Crippen LogP contribution in [0.25, 0.3) is 0 Å². The van der Waals surface area contributed by atoms with E-state index in [2.05, 4.69) is 5.32 Å². The van der Waals surface area contributed by atoms with E-state index >= 15 is 0 Å². The van der Waals surface area contributed by atoms with Gasteiger partial charge in [-0.3, -0.25) is 9.10 Å². The van der Waals surface area contributed by atoms with Gasteiger partial charge in [-0.15, -0.1) is 0 Å². The molecule has 27 heavy (non-hydrogen) atoms. The quantitative estimate of drug-likeness (QED) is 0.824. The van der Waals surface area contributed by atoms with E-state index in [1.165, 1.54) is 10.6 Å². The molecule has 0 saturated carbocycles. The van der Waals surface area contributed by atoms with Crippen molar-refractivity contribution in [1.82, 2.24) is 5.32 Å². The summed E-state index contributed by atoms with van der Waals surface area (Å²) in [5.74, 6) is -0.212. The Morgan fingerprint density at radius 3 is 2.33 bits per heavy atom. The molecule has 0 radical (unpaired) electrons. The van der Waals surface area contributed by atoms with Crippen molar-refractivity contribution in [2.45, 2.75) is 33.1 Å². The van der Waals surface area contributed by atoms with Crippen LogP contribution in [0.15, 0.2) is 48.5 Å². The van der Waals surface area contributed by atoms with Gasteiger partial charge in [0.15, 0.2) is 0 Å². The normalized spacial score (nSPS) is 11.9. The van der Waals surface area contributed by atoms with Crippen LogP contribution in [-0.4, -0.2) is 33.7 Å². The van der Waals surface area contributed by atoms with E-state index in [1.807, 2.05) is 64.1 Å². The number of nitrogens with zero attached hydrogens (tertiary/aromatic N) is 1. The predicted molar refractivity (Wildman–Crippen MR) is 111 cm³/mol. The third-order valence-electron chi connectivity index (χ3n) is 4.26. The van der Waals surface area contributed by atoms with Crippen LogP contribution in [0.5, 0.6) is 0 Å². The Labute approximate surface area is 162 Å². The van der Waals surface area contributed by atoms with Gasteiger partial charge < -0.3 is 5.32 Å². The molecule has 0 aromatic heterocycles. The second-order valence-electron chi connectivity index (χ2n) is 7.73. The highest BCUT2D eigenvalue weighted by atomic mass is 32.2. The summed E-state index contributed by atoms with van der Waals surface area (Å²) in [4.78, 5) is 12.3. The van der Waals surface area contributed by atoms with Crippen molar-refractivity contribution in [3.63, 3.8) is 0 Å². The SMILES string of the molecule is Cc1cccc(C(=O)NCCN(c2ccccc2C(C)(C)C)S(C)(=O)=O)c1. The molecule has 2 rings (SSSR count). The van der Waals surface area contributed by atoms with E-state index in [0.29, 0.717) is 11.3 Å². The van der Waals surface area contributed by atoms with Crippen LogP contribution in [-0.2, 0) is 15.4 Å². The minimum atomic E-state index is -3.49. The van der Waals surface area contributed by atoms with Crippen LogP contribution in [0.2, 0.25) is 0 Å². The number of benzene rings is 2. The molecule has 5 nitrogen and oxygen atoms in total. The van der Waals surface area contributed by atoms with Crippen molar-refractivity contribution >= 4 is 21.6 Å². The monoisotopic (exact) mass is 388 g/mol. The molecule has 0 bridgehead atoms. The summed E-state index contributed by atoms with van der Waals surface area (Å²) in [5.41, 5.74) is 2.96. The predicted octanol–water partition coefficient (Wildman–Crippen LogP) is 3.49. The van der Waals surface area contributed by atoms with Gasteiger partial charge in [0.05, 0.1) is 18.5 Å². The molecule has 146 valence electrons. The summed E-state index contributed by atoms with van der Waals surface area (Å²) < 4.78 is 26.2. The zero-order valence-corrected chi connectivity index (χ0v) is 17.4. The molecule has 0 unspecified atom stereocenters. The molecule has 0 aliphatic carbocycles. The van der Waals surface area contributed by atoms with E-state index in [4.69, 9.17) is 0 Å². The summed E-state index contributed by atoms with van der Waals surface area (Å²) in [5, 5.41) is 2.81. The van der Waals surface area contributed by atoms with Crippen molar-refractivity contribution < 1.29 is 13.2 Å². The van der Waals surface area contributed by atoms with Crippen molar-refractivity contribution in [3.8, 4) is 0 Å². The maximum atomic E-state index is 12.4. The largest absolute Gasteiger partial charge is 0.350 e. The summed E-state index contributed by atoms with van der Waals surface area (Å²) >= 11 is 0. The average Bonchev–Trinajstić information content (AvgIpc) is 2.56. The van der Waals surface area contributed by atoms with E-state index < -0.39 is 10.0 Å².